The largest absolute Gasteiger partial charge is 0.381 e. The van der Waals surface area contributed by atoms with E-state index < -0.39 is 0 Å². The molecular formula is C20H31N3O2. The van der Waals surface area contributed by atoms with E-state index in [-0.39, 0.29) is 11.4 Å². The summed E-state index contributed by atoms with van der Waals surface area (Å²) < 4.78 is 5.63. The number of ether oxygens (including phenoxy) is 1. The van der Waals surface area contributed by atoms with Crippen molar-refractivity contribution in [3.05, 3.63) is 35.4 Å². The molecule has 2 aliphatic heterocycles. The molecule has 0 unspecified atom stereocenters. The Hall–Kier alpha value is -1.43. The van der Waals surface area contributed by atoms with Crippen molar-refractivity contribution in [1.29, 1.82) is 0 Å². The molecule has 0 aromatic heterocycles. The van der Waals surface area contributed by atoms with Gasteiger partial charge in [-0.25, -0.2) is 0 Å². The Morgan fingerprint density at radius 2 is 1.80 bits per heavy atom. The quantitative estimate of drug-likeness (QED) is 0.830. The molecule has 138 valence electrons. The molecule has 2 fully saturated rings. The second-order valence-corrected chi connectivity index (χ2v) is 7.26. The van der Waals surface area contributed by atoms with Gasteiger partial charge in [0.2, 0.25) is 0 Å². The number of amides is 1. The number of carbonyl (C=O) groups is 1. The highest BCUT2D eigenvalue weighted by Crippen LogP contribution is 2.30. The van der Waals surface area contributed by atoms with Crippen LogP contribution >= 0.6 is 0 Å². The summed E-state index contributed by atoms with van der Waals surface area (Å²) in [6, 6.07) is 7.86. The predicted octanol–water partition coefficient (Wildman–Crippen LogP) is 2.17. The van der Waals surface area contributed by atoms with Crippen LogP contribution in [0.2, 0.25) is 0 Å². The molecule has 1 amide bonds. The zero-order valence-corrected chi connectivity index (χ0v) is 15.4. The SMILES string of the molecule is CNC(=O)c1ccc(CNCC2(N3CCCCC3)CCOCC2)cc1. The minimum atomic E-state index is -0.0363. The molecular weight excluding hydrogens is 314 g/mol. The number of nitrogens with zero attached hydrogens (tertiary/aromatic N) is 1. The Balaban J connectivity index is 1.57. The molecule has 1 aromatic carbocycles. The highest BCUT2D eigenvalue weighted by Gasteiger charge is 2.38. The first-order valence-electron chi connectivity index (χ1n) is 9.58. The van der Waals surface area contributed by atoms with Crippen molar-refractivity contribution in [2.24, 2.45) is 0 Å². The Morgan fingerprint density at radius 1 is 1.12 bits per heavy atom. The maximum absolute atomic E-state index is 11.6. The van der Waals surface area contributed by atoms with Gasteiger partial charge in [-0.15, -0.1) is 0 Å². The third-order valence-corrected chi connectivity index (χ3v) is 5.68. The van der Waals surface area contributed by atoms with Gasteiger partial charge >= 0.3 is 0 Å². The molecule has 2 saturated heterocycles. The standard InChI is InChI=1S/C20H31N3O2/c1-21-19(24)18-7-5-17(6-8-18)15-22-16-20(9-13-25-14-10-20)23-11-3-2-4-12-23/h5-8,22H,2-4,9-16H2,1H3,(H,21,24). The van der Waals surface area contributed by atoms with Crippen LogP contribution in [0, 0.1) is 0 Å². The Kier molecular flexibility index (Phi) is 6.45. The summed E-state index contributed by atoms with van der Waals surface area (Å²) >= 11 is 0. The van der Waals surface area contributed by atoms with Crippen LogP contribution < -0.4 is 10.6 Å². The van der Waals surface area contributed by atoms with E-state index in [1.807, 2.05) is 24.3 Å². The van der Waals surface area contributed by atoms with Crippen LogP contribution in [0.5, 0.6) is 0 Å². The van der Waals surface area contributed by atoms with Gasteiger partial charge in [-0.2, -0.15) is 0 Å². The third kappa shape index (κ3) is 4.60. The van der Waals surface area contributed by atoms with Crippen LogP contribution in [0.15, 0.2) is 24.3 Å². The van der Waals surface area contributed by atoms with E-state index in [0.717, 1.165) is 39.1 Å². The van der Waals surface area contributed by atoms with E-state index in [2.05, 4.69) is 15.5 Å². The van der Waals surface area contributed by atoms with Crippen molar-refractivity contribution in [2.45, 2.75) is 44.2 Å². The van der Waals surface area contributed by atoms with Crippen LogP contribution in [0.1, 0.15) is 48.0 Å². The molecule has 0 atom stereocenters. The number of benzene rings is 1. The summed E-state index contributed by atoms with van der Waals surface area (Å²) in [7, 11) is 1.66. The summed E-state index contributed by atoms with van der Waals surface area (Å²) in [5, 5.41) is 6.33. The average molecular weight is 345 g/mol. The molecule has 0 aliphatic carbocycles. The third-order valence-electron chi connectivity index (χ3n) is 5.68. The second-order valence-electron chi connectivity index (χ2n) is 7.26. The molecule has 2 heterocycles. The number of hydrogen-bond donors (Lipinski definition) is 2. The van der Waals surface area contributed by atoms with Crippen molar-refractivity contribution in [3.63, 3.8) is 0 Å². The summed E-state index contributed by atoms with van der Waals surface area (Å²) in [6.45, 7) is 6.04. The lowest BCUT2D eigenvalue weighted by molar-refractivity contribution is -0.0358. The van der Waals surface area contributed by atoms with Gasteiger partial charge in [0.05, 0.1) is 0 Å². The Morgan fingerprint density at radius 3 is 2.44 bits per heavy atom. The van der Waals surface area contributed by atoms with E-state index in [9.17, 15) is 4.79 Å². The van der Waals surface area contributed by atoms with Crippen LogP contribution in [-0.2, 0) is 11.3 Å². The predicted molar refractivity (Wildman–Crippen MR) is 99.7 cm³/mol. The first kappa shape index (κ1) is 18.4. The first-order chi connectivity index (χ1) is 12.2. The number of likely N-dealkylation sites (tertiary alicyclic amines) is 1. The summed E-state index contributed by atoms with van der Waals surface area (Å²) in [5.74, 6) is -0.0363. The zero-order chi connectivity index (χ0) is 17.5. The lowest BCUT2D eigenvalue weighted by atomic mass is 9.86. The monoisotopic (exact) mass is 345 g/mol. The zero-order valence-electron chi connectivity index (χ0n) is 15.4. The molecule has 2 aliphatic rings. The highest BCUT2D eigenvalue weighted by molar-refractivity contribution is 5.93. The summed E-state index contributed by atoms with van der Waals surface area (Å²) in [4.78, 5) is 14.3. The summed E-state index contributed by atoms with van der Waals surface area (Å²) in [6.07, 6.45) is 6.26. The summed E-state index contributed by atoms with van der Waals surface area (Å²) in [5.41, 5.74) is 2.18. The molecule has 5 heteroatoms. The van der Waals surface area contributed by atoms with Gasteiger partial charge in [-0.1, -0.05) is 18.6 Å². The lowest BCUT2D eigenvalue weighted by Gasteiger charge is -2.48. The van der Waals surface area contributed by atoms with Gasteiger partial charge < -0.3 is 15.4 Å². The van der Waals surface area contributed by atoms with Gasteiger partial charge in [-0.3, -0.25) is 9.69 Å². The maximum Gasteiger partial charge on any atom is 0.251 e. The highest BCUT2D eigenvalue weighted by atomic mass is 16.5. The van der Waals surface area contributed by atoms with Gasteiger partial charge in [0.25, 0.3) is 5.91 Å². The lowest BCUT2D eigenvalue weighted by Crippen LogP contribution is -2.59. The van der Waals surface area contributed by atoms with Gasteiger partial charge in [0.1, 0.15) is 0 Å². The molecule has 3 rings (SSSR count). The number of hydrogen-bond acceptors (Lipinski definition) is 4. The fraction of sp³-hybridized carbons (Fsp3) is 0.650. The number of nitrogens with one attached hydrogen (secondary N) is 2. The molecule has 0 saturated carbocycles. The minimum absolute atomic E-state index is 0.0363. The molecule has 0 bridgehead atoms. The van der Waals surface area contributed by atoms with Crippen molar-refractivity contribution in [2.75, 3.05) is 39.9 Å². The normalized spacial score (nSPS) is 21.0. The fourth-order valence-electron chi connectivity index (χ4n) is 4.08. The van der Waals surface area contributed by atoms with Gasteiger partial charge in [0, 0.05) is 44.5 Å². The molecule has 25 heavy (non-hydrogen) atoms. The van der Waals surface area contributed by atoms with Crippen molar-refractivity contribution < 1.29 is 9.53 Å². The van der Waals surface area contributed by atoms with Crippen molar-refractivity contribution >= 4 is 5.91 Å². The van der Waals surface area contributed by atoms with Crippen LogP contribution in [-0.4, -0.2) is 56.2 Å². The smallest absolute Gasteiger partial charge is 0.251 e. The van der Waals surface area contributed by atoms with Crippen LogP contribution in [0.25, 0.3) is 0 Å². The Labute approximate surface area is 151 Å². The van der Waals surface area contributed by atoms with Crippen LogP contribution in [0.3, 0.4) is 0 Å². The van der Waals surface area contributed by atoms with Gasteiger partial charge in [0.15, 0.2) is 0 Å². The topological polar surface area (TPSA) is 53.6 Å². The fourth-order valence-corrected chi connectivity index (χ4v) is 4.08. The molecule has 0 radical (unpaired) electrons. The Bertz CT molecular complexity index is 547. The number of piperidine rings is 1. The van der Waals surface area contributed by atoms with E-state index in [0.29, 0.717) is 5.56 Å². The van der Waals surface area contributed by atoms with Gasteiger partial charge in [-0.05, 0) is 56.5 Å². The van der Waals surface area contributed by atoms with E-state index in [1.165, 1.54) is 37.9 Å². The minimum Gasteiger partial charge on any atom is -0.381 e. The first-order valence-corrected chi connectivity index (χ1v) is 9.58. The maximum atomic E-state index is 11.6. The molecule has 0 spiro atoms. The van der Waals surface area contributed by atoms with Crippen LogP contribution in [0.4, 0.5) is 0 Å². The number of carbonyl (C=O) groups excluding carboxylic acids is 1. The average Bonchev–Trinajstić information content (AvgIpc) is 2.69. The molecule has 2 N–H and O–H groups in total. The number of rotatable bonds is 6. The van der Waals surface area contributed by atoms with E-state index in [1.54, 1.807) is 7.05 Å². The van der Waals surface area contributed by atoms with Crippen molar-refractivity contribution in [3.8, 4) is 0 Å². The molecule has 1 aromatic rings. The van der Waals surface area contributed by atoms with E-state index in [4.69, 9.17) is 4.74 Å². The van der Waals surface area contributed by atoms with Crippen molar-refractivity contribution in [1.82, 2.24) is 15.5 Å². The van der Waals surface area contributed by atoms with E-state index >= 15 is 0 Å². The second kappa shape index (κ2) is 8.79. The molecule has 5 nitrogen and oxygen atoms in total.